The van der Waals surface area contributed by atoms with Gasteiger partial charge in [0.15, 0.2) is 11.7 Å². The van der Waals surface area contributed by atoms with Crippen LogP contribution in [0.25, 0.3) is 0 Å². The van der Waals surface area contributed by atoms with E-state index >= 15 is 0 Å². The first kappa shape index (κ1) is 16.2. The second-order valence-electron chi connectivity index (χ2n) is 5.63. The minimum atomic E-state index is -0.846. The van der Waals surface area contributed by atoms with Crippen molar-refractivity contribution < 1.29 is 4.79 Å². The Kier molecular flexibility index (Phi) is 5.09. The number of pyridine rings is 1. The van der Waals surface area contributed by atoms with Gasteiger partial charge >= 0.3 is 0 Å². The van der Waals surface area contributed by atoms with E-state index in [1.54, 1.807) is 30.1 Å². The highest BCUT2D eigenvalue weighted by atomic mass is 32.2. The number of aromatic nitrogens is 2. The highest BCUT2D eigenvalue weighted by Gasteiger charge is 2.28. The van der Waals surface area contributed by atoms with Gasteiger partial charge < -0.3 is 0 Å². The maximum Gasteiger partial charge on any atom is 0.189 e. The van der Waals surface area contributed by atoms with Gasteiger partial charge in [-0.15, -0.1) is 23.1 Å². The van der Waals surface area contributed by atoms with Gasteiger partial charge in [0.2, 0.25) is 0 Å². The van der Waals surface area contributed by atoms with E-state index in [2.05, 4.69) is 16.0 Å². The summed E-state index contributed by atoms with van der Waals surface area (Å²) in [6, 6.07) is 5.64. The summed E-state index contributed by atoms with van der Waals surface area (Å²) in [5, 5.41) is 13.2. The average molecular weight is 343 g/mol. The second kappa shape index (κ2) is 7.24. The van der Waals surface area contributed by atoms with Gasteiger partial charge in [0.1, 0.15) is 10.0 Å². The van der Waals surface area contributed by atoms with Crippen LogP contribution in [-0.2, 0) is 0 Å². The molecule has 1 aliphatic rings. The third kappa shape index (κ3) is 3.62. The Morgan fingerprint density at radius 2 is 2.26 bits per heavy atom. The number of rotatable bonds is 5. The highest BCUT2D eigenvalue weighted by molar-refractivity contribution is 7.99. The lowest BCUT2D eigenvalue weighted by Gasteiger charge is -2.12. The van der Waals surface area contributed by atoms with E-state index in [1.165, 1.54) is 37.0 Å². The zero-order chi connectivity index (χ0) is 16.2. The molecular formula is C17H17N3OS2. The van der Waals surface area contributed by atoms with Crippen molar-refractivity contribution in [2.45, 2.75) is 48.8 Å². The van der Waals surface area contributed by atoms with E-state index in [-0.39, 0.29) is 5.78 Å². The Bertz CT molecular complexity index is 744. The smallest absolute Gasteiger partial charge is 0.189 e. The van der Waals surface area contributed by atoms with Crippen molar-refractivity contribution in [2.24, 2.45) is 0 Å². The molecule has 3 rings (SSSR count). The summed E-state index contributed by atoms with van der Waals surface area (Å²) < 4.78 is 0. The van der Waals surface area contributed by atoms with Crippen molar-refractivity contribution in [3.63, 3.8) is 0 Å². The Morgan fingerprint density at radius 1 is 1.48 bits per heavy atom. The first-order chi connectivity index (χ1) is 11.2. The molecule has 0 bridgehead atoms. The number of carbonyl (C=O) groups excluding carboxylic acids is 1. The molecule has 6 heteroatoms. The molecule has 2 aromatic rings. The quantitative estimate of drug-likeness (QED) is 0.754. The van der Waals surface area contributed by atoms with Gasteiger partial charge in [-0.3, -0.25) is 4.79 Å². The second-order valence-corrected chi connectivity index (χ2v) is 7.81. The Labute approximate surface area is 144 Å². The molecule has 0 N–H and O–H groups in total. The van der Waals surface area contributed by atoms with Crippen LogP contribution >= 0.6 is 23.1 Å². The summed E-state index contributed by atoms with van der Waals surface area (Å²) in [5.41, 5.74) is 1.38. The standard InChI is InChI=1S/C17H17N3OS2/c1-11-10-22-17(20-11)14(9-18)15(21)13-7-4-8-19-16(13)23-12-5-2-3-6-12/h4,7-8,10,12,14H,2-3,5-6H2,1H3/t14-/m1/s1. The number of hydrogen-bond donors (Lipinski definition) is 0. The summed E-state index contributed by atoms with van der Waals surface area (Å²) in [6.07, 6.45) is 6.54. The predicted molar refractivity (Wildman–Crippen MR) is 91.9 cm³/mol. The van der Waals surface area contributed by atoms with E-state index in [4.69, 9.17) is 0 Å². The maximum absolute atomic E-state index is 12.9. The normalized spacial score (nSPS) is 16.2. The molecule has 0 aromatic carbocycles. The zero-order valence-electron chi connectivity index (χ0n) is 12.9. The fraction of sp³-hybridized carbons (Fsp3) is 0.412. The zero-order valence-corrected chi connectivity index (χ0v) is 14.5. The first-order valence-corrected chi connectivity index (χ1v) is 9.42. The molecule has 1 aliphatic carbocycles. The van der Waals surface area contributed by atoms with Crippen LogP contribution in [0.1, 0.15) is 52.7 Å². The van der Waals surface area contributed by atoms with Crippen LogP contribution in [0.2, 0.25) is 0 Å². The fourth-order valence-electron chi connectivity index (χ4n) is 2.72. The van der Waals surface area contributed by atoms with Crippen molar-refractivity contribution >= 4 is 28.9 Å². The van der Waals surface area contributed by atoms with Gasteiger partial charge in [-0.1, -0.05) is 12.8 Å². The largest absolute Gasteiger partial charge is 0.292 e. The molecular weight excluding hydrogens is 326 g/mol. The molecule has 2 heterocycles. The number of nitrogens with zero attached hydrogens (tertiary/aromatic N) is 3. The van der Waals surface area contributed by atoms with Gasteiger partial charge in [-0.05, 0) is 31.9 Å². The topological polar surface area (TPSA) is 66.6 Å². The van der Waals surface area contributed by atoms with Gasteiger partial charge in [0.25, 0.3) is 0 Å². The summed E-state index contributed by atoms with van der Waals surface area (Å²) in [7, 11) is 0. The van der Waals surface area contributed by atoms with Crippen LogP contribution in [0.3, 0.4) is 0 Å². The molecule has 0 saturated heterocycles. The van der Waals surface area contributed by atoms with E-state index < -0.39 is 5.92 Å². The molecule has 0 radical (unpaired) electrons. The van der Waals surface area contributed by atoms with Crippen molar-refractivity contribution in [1.82, 2.24) is 9.97 Å². The van der Waals surface area contributed by atoms with Crippen LogP contribution in [0.15, 0.2) is 28.7 Å². The Hall–Kier alpha value is -1.71. The SMILES string of the molecule is Cc1csc([C@H](C#N)C(=O)c2cccnc2SC2CCCC2)n1. The van der Waals surface area contributed by atoms with E-state index in [0.717, 1.165) is 10.7 Å². The predicted octanol–water partition coefficient (Wildman–Crippen LogP) is 4.37. The van der Waals surface area contributed by atoms with Gasteiger partial charge in [0.05, 0.1) is 11.6 Å². The molecule has 0 unspecified atom stereocenters. The fourth-order valence-corrected chi connectivity index (χ4v) is 4.86. The molecule has 0 aliphatic heterocycles. The van der Waals surface area contributed by atoms with Gasteiger partial charge in [-0.2, -0.15) is 5.26 Å². The molecule has 1 atom stereocenters. The number of aryl methyl sites for hydroxylation is 1. The van der Waals surface area contributed by atoms with Crippen molar-refractivity contribution in [2.75, 3.05) is 0 Å². The summed E-state index contributed by atoms with van der Waals surface area (Å²) >= 11 is 3.04. The van der Waals surface area contributed by atoms with Crippen molar-refractivity contribution in [3.05, 3.63) is 40.0 Å². The molecule has 4 nitrogen and oxygen atoms in total. The van der Waals surface area contributed by atoms with Crippen LogP contribution in [0.5, 0.6) is 0 Å². The average Bonchev–Trinajstić information content (AvgIpc) is 3.20. The summed E-state index contributed by atoms with van der Waals surface area (Å²) in [4.78, 5) is 21.6. The third-order valence-electron chi connectivity index (χ3n) is 3.89. The lowest BCUT2D eigenvalue weighted by molar-refractivity contribution is 0.0975. The van der Waals surface area contributed by atoms with E-state index in [0.29, 0.717) is 15.8 Å². The third-order valence-corrected chi connectivity index (χ3v) is 6.27. The maximum atomic E-state index is 12.9. The molecule has 2 aromatic heterocycles. The Balaban J connectivity index is 1.87. The minimum Gasteiger partial charge on any atom is -0.292 e. The van der Waals surface area contributed by atoms with Gasteiger partial charge in [-0.25, -0.2) is 9.97 Å². The number of Topliss-reactive ketones (excluding diaryl/α,β-unsaturated/α-hetero) is 1. The molecule has 118 valence electrons. The van der Waals surface area contributed by atoms with Crippen molar-refractivity contribution in [3.8, 4) is 6.07 Å². The minimum absolute atomic E-state index is 0.199. The number of thioether (sulfide) groups is 1. The highest BCUT2D eigenvalue weighted by Crippen LogP contribution is 2.36. The van der Waals surface area contributed by atoms with Crippen LogP contribution in [0, 0.1) is 18.3 Å². The van der Waals surface area contributed by atoms with E-state index in [1.807, 2.05) is 12.3 Å². The summed E-state index contributed by atoms with van der Waals surface area (Å²) in [5.74, 6) is -1.05. The number of hydrogen-bond acceptors (Lipinski definition) is 6. The van der Waals surface area contributed by atoms with Crippen LogP contribution in [-0.4, -0.2) is 21.0 Å². The van der Waals surface area contributed by atoms with Crippen molar-refractivity contribution in [1.29, 1.82) is 5.26 Å². The van der Waals surface area contributed by atoms with Gasteiger partial charge in [0, 0.05) is 22.5 Å². The van der Waals surface area contributed by atoms with Crippen LogP contribution < -0.4 is 0 Å². The first-order valence-electron chi connectivity index (χ1n) is 7.66. The number of thiazole rings is 1. The number of nitriles is 1. The molecule has 0 spiro atoms. The molecule has 23 heavy (non-hydrogen) atoms. The molecule has 0 amide bonds. The summed E-state index contributed by atoms with van der Waals surface area (Å²) in [6.45, 7) is 1.87. The number of ketones is 1. The van der Waals surface area contributed by atoms with Crippen LogP contribution in [0.4, 0.5) is 0 Å². The number of carbonyl (C=O) groups is 1. The lowest BCUT2D eigenvalue weighted by Crippen LogP contribution is -2.13. The molecule has 1 saturated carbocycles. The van der Waals surface area contributed by atoms with E-state index in [9.17, 15) is 10.1 Å². The lowest BCUT2D eigenvalue weighted by atomic mass is 10.0. The monoisotopic (exact) mass is 343 g/mol. The Morgan fingerprint density at radius 3 is 2.91 bits per heavy atom. The molecule has 1 fully saturated rings.